The van der Waals surface area contributed by atoms with Crippen molar-refractivity contribution in [1.29, 1.82) is 0 Å². The SMILES string of the molecule is Cc1nccc(-c2ccc(C[C@H](NC(=O)[C@@H]3Cc4cc5c(cc4CN3C(=O)[C@H]3CCCN3C(=O)OC(C)(C)C)O[C@@H](c3ccc(OCc4ccc(Cl)c(Cl)c4)cc3)CO5)C(=O)O)cc2)c1C. The van der Waals surface area contributed by atoms with Crippen LogP contribution in [0.15, 0.2) is 91.1 Å². The average molecular weight is 936 g/mol. The number of pyridine rings is 1. The second-order valence-electron chi connectivity index (χ2n) is 18.0. The summed E-state index contributed by atoms with van der Waals surface area (Å²) in [5.41, 5.74) is 7.11. The van der Waals surface area contributed by atoms with Gasteiger partial charge in [-0.25, -0.2) is 9.59 Å². The van der Waals surface area contributed by atoms with E-state index in [1.165, 1.54) is 9.80 Å². The first kappa shape index (κ1) is 46.2. The fourth-order valence-corrected chi connectivity index (χ4v) is 8.91. The van der Waals surface area contributed by atoms with Crippen molar-refractivity contribution in [2.45, 2.75) is 103 Å². The number of carbonyl (C=O) groups excluding carboxylic acids is 3. The maximum absolute atomic E-state index is 14.7. The molecular formula is C51H52Cl2N4O9. The van der Waals surface area contributed by atoms with Crippen LogP contribution in [-0.2, 0) is 45.1 Å². The van der Waals surface area contributed by atoms with Crippen LogP contribution in [0.3, 0.4) is 0 Å². The molecule has 0 saturated carbocycles. The average Bonchev–Trinajstić information content (AvgIpc) is 3.79. The van der Waals surface area contributed by atoms with Crippen molar-refractivity contribution in [2.24, 2.45) is 0 Å². The van der Waals surface area contributed by atoms with Crippen LogP contribution in [-0.4, -0.2) is 80.6 Å². The molecule has 0 bridgehead atoms. The van der Waals surface area contributed by atoms with Crippen molar-refractivity contribution in [3.63, 3.8) is 0 Å². The van der Waals surface area contributed by atoms with Crippen molar-refractivity contribution in [1.82, 2.24) is 20.1 Å². The van der Waals surface area contributed by atoms with Crippen molar-refractivity contribution in [3.8, 4) is 28.4 Å². The molecule has 13 nitrogen and oxygen atoms in total. The number of nitrogens with zero attached hydrogens (tertiary/aromatic N) is 3. The molecule has 15 heteroatoms. The second-order valence-corrected chi connectivity index (χ2v) is 18.8. The molecule has 4 heterocycles. The largest absolute Gasteiger partial charge is 0.489 e. The van der Waals surface area contributed by atoms with Gasteiger partial charge in [0.25, 0.3) is 0 Å². The molecule has 0 radical (unpaired) electrons. The molecule has 5 aromatic rings. The monoisotopic (exact) mass is 934 g/mol. The van der Waals surface area contributed by atoms with Gasteiger partial charge in [-0.2, -0.15) is 0 Å². The van der Waals surface area contributed by atoms with Crippen LogP contribution < -0.4 is 19.5 Å². The van der Waals surface area contributed by atoms with Crippen LogP contribution in [0.25, 0.3) is 11.1 Å². The smallest absolute Gasteiger partial charge is 0.410 e. The fourth-order valence-electron chi connectivity index (χ4n) is 8.59. The predicted molar refractivity (Wildman–Crippen MR) is 249 cm³/mol. The Morgan fingerprint density at radius 3 is 2.32 bits per heavy atom. The van der Waals surface area contributed by atoms with Gasteiger partial charge in [-0.1, -0.05) is 65.7 Å². The highest BCUT2D eigenvalue weighted by atomic mass is 35.5. The van der Waals surface area contributed by atoms with Crippen LogP contribution >= 0.6 is 23.2 Å². The van der Waals surface area contributed by atoms with Gasteiger partial charge >= 0.3 is 12.1 Å². The van der Waals surface area contributed by atoms with Crippen LogP contribution in [0.4, 0.5) is 4.79 Å². The highest BCUT2D eigenvalue weighted by molar-refractivity contribution is 6.42. The number of aryl methyl sites for hydroxylation is 1. The normalized spacial score (nSPS) is 18.3. The number of aliphatic carboxylic acids is 1. The van der Waals surface area contributed by atoms with Gasteiger partial charge < -0.3 is 34.3 Å². The summed E-state index contributed by atoms with van der Waals surface area (Å²) < 4.78 is 24.4. The molecule has 0 aliphatic carbocycles. The Kier molecular flexibility index (Phi) is 13.5. The standard InChI is InChI=1S/C51H52Cl2N4O9/c1-29-30(2)54-19-18-38(29)33-11-8-31(9-12-33)22-41(49(60)61)55-47(58)43-23-35-24-44-45(25-36(35)26-57(43)48(59)42-7-6-20-56(42)50(62)66-51(3,4)5)65-46(28-64-44)34-13-15-37(16-14-34)63-27-32-10-17-39(52)40(53)21-32/h8-19,21,24-25,41-43,46H,6-7,20,22-23,26-28H2,1-5H3,(H,55,58)(H,60,61)/t41-,42+,43-,46+/m0/s1. The van der Waals surface area contributed by atoms with E-state index in [4.69, 9.17) is 42.1 Å². The van der Waals surface area contributed by atoms with Crippen LogP contribution in [0.1, 0.15) is 78.8 Å². The number of carboxylic acids is 1. The van der Waals surface area contributed by atoms with Gasteiger partial charge in [0.05, 0.1) is 10.0 Å². The molecule has 4 aromatic carbocycles. The van der Waals surface area contributed by atoms with Gasteiger partial charge in [-0.15, -0.1) is 0 Å². The third kappa shape index (κ3) is 10.4. The third-order valence-corrected chi connectivity index (χ3v) is 13.0. The van der Waals surface area contributed by atoms with E-state index in [-0.39, 0.29) is 26.0 Å². The van der Waals surface area contributed by atoms with Gasteiger partial charge in [-0.3, -0.25) is 19.5 Å². The van der Waals surface area contributed by atoms with Crippen LogP contribution in [0.5, 0.6) is 17.2 Å². The number of benzene rings is 4. The number of carbonyl (C=O) groups is 4. The topological polar surface area (TPSA) is 157 Å². The van der Waals surface area contributed by atoms with Crippen LogP contribution in [0.2, 0.25) is 10.0 Å². The maximum Gasteiger partial charge on any atom is 0.410 e. The number of ether oxygens (including phenoxy) is 4. The number of fused-ring (bicyclic) bond motifs is 2. The Labute approximate surface area is 393 Å². The van der Waals surface area contributed by atoms with Crippen LogP contribution in [0, 0.1) is 13.8 Å². The molecule has 8 rings (SSSR count). The first-order valence-corrected chi connectivity index (χ1v) is 22.7. The Bertz CT molecular complexity index is 2650. The lowest BCUT2D eigenvalue weighted by molar-refractivity contribution is -0.147. The summed E-state index contributed by atoms with van der Waals surface area (Å²) >= 11 is 12.2. The molecule has 66 heavy (non-hydrogen) atoms. The molecule has 0 unspecified atom stereocenters. The second kappa shape index (κ2) is 19.3. The van der Waals surface area contributed by atoms with Gasteiger partial charge in [0.1, 0.15) is 42.7 Å². The summed E-state index contributed by atoms with van der Waals surface area (Å²) in [6, 6.07) is 22.8. The Morgan fingerprint density at radius 2 is 1.61 bits per heavy atom. The molecule has 3 aliphatic heterocycles. The van der Waals surface area contributed by atoms with Gasteiger partial charge in [-0.05, 0) is 134 Å². The van der Waals surface area contributed by atoms with E-state index in [9.17, 15) is 24.3 Å². The summed E-state index contributed by atoms with van der Waals surface area (Å²) in [4.78, 5) is 62.5. The van der Waals surface area contributed by atoms with Gasteiger partial charge in [0.15, 0.2) is 17.6 Å². The fraction of sp³-hybridized carbons (Fsp3) is 0.353. The zero-order valence-corrected chi connectivity index (χ0v) is 38.9. The minimum Gasteiger partial charge on any atom is -0.489 e. The molecule has 1 aromatic heterocycles. The molecule has 1 saturated heterocycles. The van der Waals surface area contributed by atoms with Gasteiger partial charge in [0, 0.05) is 37.8 Å². The number of nitrogens with one attached hydrogen (secondary N) is 1. The minimum atomic E-state index is -1.29. The number of likely N-dealkylation sites (tertiary alicyclic amines) is 1. The molecule has 3 aliphatic rings. The highest BCUT2D eigenvalue weighted by Crippen LogP contribution is 2.41. The number of carboxylic acid groups (broad SMARTS) is 1. The predicted octanol–water partition coefficient (Wildman–Crippen LogP) is 9.23. The highest BCUT2D eigenvalue weighted by Gasteiger charge is 2.44. The molecule has 0 spiro atoms. The summed E-state index contributed by atoms with van der Waals surface area (Å²) in [6.07, 6.45) is 1.73. The molecular weight excluding hydrogens is 883 g/mol. The Balaban J connectivity index is 1.01. The number of halogens is 2. The maximum atomic E-state index is 14.7. The van der Waals surface area contributed by atoms with Crippen molar-refractivity contribution >= 4 is 47.1 Å². The quantitative estimate of drug-likeness (QED) is 0.131. The number of hydrogen-bond donors (Lipinski definition) is 2. The summed E-state index contributed by atoms with van der Waals surface area (Å²) in [5.74, 6) is -0.649. The molecule has 3 amide bonds. The number of aromatic nitrogens is 1. The van der Waals surface area contributed by atoms with E-state index in [0.29, 0.717) is 58.9 Å². The molecule has 344 valence electrons. The first-order valence-electron chi connectivity index (χ1n) is 22.0. The van der Waals surface area contributed by atoms with E-state index in [2.05, 4.69) is 10.3 Å². The van der Waals surface area contributed by atoms with E-state index in [1.807, 2.05) is 86.6 Å². The van der Waals surface area contributed by atoms with Gasteiger partial charge in [0.2, 0.25) is 11.8 Å². The van der Waals surface area contributed by atoms with Crippen molar-refractivity contribution in [3.05, 3.63) is 140 Å². The first-order chi connectivity index (χ1) is 31.5. The summed E-state index contributed by atoms with van der Waals surface area (Å²) in [6.45, 7) is 10.1. The van der Waals surface area contributed by atoms with E-state index < -0.39 is 53.7 Å². The minimum absolute atomic E-state index is 0.00415. The van der Waals surface area contributed by atoms with E-state index in [1.54, 1.807) is 39.1 Å². The van der Waals surface area contributed by atoms with E-state index in [0.717, 1.165) is 44.6 Å². The molecule has 4 atom stereocenters. The number of rotatable bonds is 11. The molecule has 1 fully saturated rings. The molecule has 2 N–H and O–H groups in total. The third-order valence-electron chi connectivity index (χ3n) is 12.2. The lowest BCUT2D eigenvalue weighted by Crippen LogP contribution is -2.59. The Morgan fingerprint density at radius 1 is 0.879 bits per heavy atom. The Hall–Kier alpha value is -6.31. The number of amides is 3. The summed E-state index contributed by atoms with van der Waals surface area (Å²) in [7, 11) is 0. The zero-order valence-electron chi connectivity index (χ0n) is 37.4. The lowest BCUT2D eigenvalue weighted by atomic mass is 9.91. The summed E-state index contributed by atoms with van der Waals surface area (Å²) in [5, 5.41) is 14.1. The van der Waals surface area contributed by atoms with E-state index >= 15 is 0 Å². The van der Waals surface area contributed by atoms with Crippen molar-refractivity contribution < 1.29 is 43.2 Å². The number of hydrogen-bond acceptors (Lipinski definition) is 9. The van der Waals surface area contributed by atoms with Crippen molar-refractivity contribution in [2.75, 3.05) is 13.2 Å². The lowest BCUT2D eigenvalue weighted by Gasteiger charge is -2.40. The zero-order chi connectivity index (χ0) is 46.9.